The van der Waals surface area contributed by atoms with Gasteiger partial charge in [0.05, 0.1) is 18.7 Å². The Labute approximate surface area is 175 Å². The van der Waals surface area contributed by atoms with Crippen LogP contribution in [0.5, 0.6) is 0 Å². The summed E-state index contributed by atoms with van der Waals surface area (Å²) in [7, 11) is 0. The van der Waals surface area contributed by atoms with Crippen LogP contribution in [-0.4, -0.2) is 16.8 Å². The number of rotatable bonds is 5. The number of hydrogen-bond donors (Lipinski definition) is 1. The number of aliphatic hydroxyl groups is 1. The van der Waals surface area contributed by atoms with E-state index >= 15 is 0 Å². The van der Waals surface area contributed by atoms with Crippen LogP contribution in [0.15, 0.2) is 77.3 Å². The minimum absolute atomic E-state index is 0.0996. The van der Waals surface area contributed by atoms with Crippen LogP contribution < -0.4 is 4.90 Å². The molecular formula is C23H17BrFNO3. The van der Waals surface area contributed by atoms with E-state index in [0.29, 0.717) is 22.4 Å². The highest BCUT2D eigenvalue weighted by atomic mass is 79.9. The summed E-state index contributed by atoms with van der Waals surface area (Å²) in [6.45, 7) is 0.0996. The molecule has 0 bridgehead atoms. The number of carbonyl (C=O) groups excluding carboxylic acids is 2. The number of amides is 1. The molecule has 3 aromatic rings. The van der Waals surface area contributed by atoms with Crippen molar-refractivity contribution in [1.82, 2.24) is 0 Å². The number of anilines is 1. The highest BCUT2D eigenvalue weighted by Crippen LogP contribution is 2.43. The zero-order valence-corrected chi connectivity index (χ0v) is 16.9. The average molecular weight is 454 g/mol. The van der Waals surface area contributed by atoms with E-state index in [9.17, 15) is 19.1 Å². The van der Waals surface area contributed by atoms with Crippen LogP contribution in [0.1, 0.15) is 27.9 Å². The molecule has 4 nitrogen and oxygen atoms in total. The first kappa shape index (κ1) is 19.5. The van der Waals surface area contributed by atoms with E-state index in [2.05, 4.69) is 15.9 Å². The molecule has 0 spiro atoms. The van der Waals surface area contributed by atoms with Gasteiger partial charge < -0.3 is 10.0 Å². The lowest BCUT2D eigenvalue weighted by Crippen LogP contribution is -2.41. The Morgan fingerprint density at radius 1 is 1.03 bits per heavy atom. The van der Waals surface area contributed by atoms with Gasteiger partial charge in [0.2, 0.25) is 0 Å². The zero-order valence-electron chi connectivity index (χ0n) is 15.3. The Balaban J connectivity index is 1.67. The summed E-state index contributed by atoms with van der Waals surface area (Å²) >= 11 is 3.32. The number of nitrogens with zero attached hydrogens (tertiary/aromatic N) is 1. The molecule has 6 heteroatoms. The quantitative estimate of drug-likeness (QED) is 0.574. The van der Waals surface area contributed by atoms with Crippen LogP contribution >= 0.6 is 15.9 Å². The number of halogens is 2. The number of hydrogen-bond acceptors (Lipinski definition) is 3. The molecular weight excluding hydrogens is 437 g/mol. The SMILES string of the molecule is O=C(C[C@@]1(O)C(=O)N(Cc2cccc(F)c2)c2ccccc21)c1ccc(Br)cc1. The van der Waals surface area contributed by atoms with E-state index in [1.165, 1.54) is 17.0 Å². The van der Waals surface area contributed by atoms with E-state index in [1.807, 2.05) is 0 Å². The Morgan fingerprint density at radius 3 is 2.48 bits per heavy atom. The van der Waals surface area contributed by atoms with Crippen LogP contribution in [-0.2, 0) is 16.9 Å². The second-order valence-electron chi connectivity index (χ2n) is 7.01. The number of benzene rings is 3. The predicted octanol–water partition coefficient (Wildman–Crippen LogP) is 4.60. The fourth-order valence-corrected chi connectivity index (χ4v) is 3.89. The first-order valence-corrected chi connectivity index (χ1v) is 9.85. The topological polar surface area (TPSA) is 57.6 Å². The zero-order chi connectivity index (χ0) is 20.6. The highest BCUT2D eigenvalue weighted by Gasteiger charge is 2.50. The van der Waals surface area contributed by atoms with Crippen molar-refractivity contribution in [1.29, 1.82) is 0 Å². The molecule has 0 saturated heterocycles. The van der Waals surface area contributed by atoms with Crippen LogP contribution in [0.3, 0.4) is 0 Å². The predicted molar refractivity (Wildman–Crippen MR) is 111 cm³/mol. The number of para-hydroxylation sites is 1. The minimum atomic E-state index is -1.96. The van der Waals surface area contributed by atoms with Crippen molar-refractivity contribution in [2.45, 2.75) is 18.6 Å². The van der Waals surface area contributed by atoms with Gasteiger partial charge in [-0.25, -0.2) is 4.39 Å². The van der Waals surface area contributed by atoms with E-state index in [-0.39, 0.29) is 18.7 Å². The van der Waals surface area contributed by atoms with Crippen LogP contribution in [0.4, 0.5) is 10.1 Å². The summed E-state index contributed by atoms with van der Waals surface area (Å²) in [5.41, 5.74) is -0.0551. The van der Waals surface area contributed by atoms with Crippen LogP contribution in [0.2, 0.25) is 0 Å². The molecule has 29 heavy (non-hydrogen) atoms. The van der Waals surface area contributed by atoms with Crippen molar-refractivity contribution >= 4 is 33.3 Å². The van der Waals surface area contributed by atoms with Gasteiger partial charge in [0.1, 0.15) is 5.82 Å². The third-order valence-corrected chi connectivity index (χ3v) is 5.58. The van der Waals surface area contributed by atoms with Gasteiger partial charge >= 0.3 is 0 Å². The van der Waals surface area contributed by atoms with Crippen LogP contribution in [0, 0.1) is 5.82 Å². The lowest BCUT2D eigenvalue weighted by molar-refractivity contribution is -0.136. The van der Waals surface area contributed by atoms with Crippen molar-refractivity contribution in [3.8, 4) is 0 Å². The number of ketones is 1. The maximum atomic E-state index is 13.6. The second-order valence-corrected chi connectivity index (χ2v) is 7.92. The van der Waals surface area contributed by atoms with E-state index in [0.717, 1.165) is 4.47 Å². The van der Waals surface area contributed by atoms with E-state index in [1.54, 1.807) is 60.7 Å². The van der Waals surface area contributed by atoms with Gasteiger partial charge in [-0.2, -0.15) is 0 Å². The minimum Gasteiger partial charge on any atom is -0.375 e. The molecule has 1 heterocycles. The van der Waals surface area contributed by atoms with Crippen molar-refractivity contribution in [3.05, 3.63) is 99.8 Å². The number of fused-ring (bicyclic) bond motifs is 1. The third-order valence-electron chi connectivity index (χ3n) is 5.05. The second kappa shape index (κ2) is 7.54. The molecule has 0 radical (unpaired) electrons. The fraction of sp³-hybridized carbons (Fsp3) is 0.130. The maximum Gasteiger partial charge on any atom is 0.264 e. The lowest BCUT2D eigenvalue weighted by atomic mass is 9.88. The molecule has 1 atom stereocenters. The molecule has 146 valence electrons. The van der Waals surface area contributed by atoms with Gasteiger partial charge in [0.15, 0.2) is 11.4 Å². The molecule has 3 aromatic carbocycles. The molecule has 1 aliphatic rings. The van der Waals surface area contributed by atoms with E-state index < -0.39 is 17.3 Å². The molecule has 1 N–H and O–H groups in total. The molecule has 1 amide bonds. The molecule has 0 saturated carbocycles. The summed E-state index contributed by atoms with van der Waals surface area (Å²) < 4.78 is 14.4. The molecule has 0 fully saturated rings. The standard InChI is InChI=1S/C23H17BrFNO3/c24-17-10-8-16(9-11-17)21(27)13-23(29)19-6-1-2-7-20(19)26(22(23)28)14-15-4-3-5-18(25)12-15/h1-12,29H,13-14H2/t23-/m0/s1. The molecule has 0 aliphatic carbocycles. The molecule has 0 aromatic heterocycles. The van der Waals surface area contributed by atoms with Crippen molar-refractivity contribution < 1.29 is 19.1 Å². The largest absolute Gasteiger partial charge is 0.375 e. The van der Waals surface area contributed by atoms with Gasteiger partial charge in [0, 0.05) is 15.6 Å². The van der Waals surface area contributed by atoms with Crippen molar-refractivity contribution in [3.63, 3.8) is 0 Å². The third kappa shape index (κ3) is 3.61. The fourth-order valence-electron chi connectivity index (χ4n) is 3.62. The van der Waals surface area contributed by atoms with Gasteiger partial charge in [-0.15, -0.1) is 0 Å². The Bertz CT molecular complexity index is 1100. The summed E-state index contributed by atoms with van der Waals surface area (Å²) in [6.07, 6.45) is -0.371. The van der Waals surface area contributed by atoms with Gasteiger partial charge in [-0.3, -0.25) is 9.59 Å². The summed E-state index contributed by atoms with van der Waals surface area (Å²) in [4.78, 5) is 27.4. The average Bonchev–Trinajstić information content (AvgIpc) is 2.91. The normalized spacial score (nSPS) is 18.0. The highest BCUT2D eigenvalue weighted by molar-refractivity contribution is 9.10. The molecule has 0 unspecified atom stereocenters. The summed E-state index contributed by atoms with van der Waals surface area (Å²) in [6, 6.07) is 19.6. The van der Waals surface area contributed by atoms with Gasteiger partial charge in [-0.05, 0) is 35.9 Å². The Morgan fingerprint density at radius 2 is 1.76 bits per heavy atom. The van der Waals surface area contributed by atoms with Crippen LogP contribution in [0.25, 0.3) is 0 Å². The maximum absolute atomic E-state index is 13.6. The van der Waals surface area contributed by atoms with Gasteiger partial charge in [0.25, 0.3) is 5.91 Å². The first-order chi connectivity index (χ1) is 13.9. The number of carbonyl (C=O) groups is 2. The van der Waals surface area contributed by atoms with Crippen molar-refractivity contribution in [2.24, 2.45) is 0 Å². The molecule has 4 rings (SSSR count). The smallest absolute Gasteiger partial charge is 0.264 e. The monoisotopic (exact) mass is 453 g/mol. The Kier molecular flexibility index (Phi) is 5.06. The first-order valence-electron chi connectivity index (χ1n) is 9.05. The molecule has 1 aliphatic heterocycles. The summed E-state index contributed by atoms with van der Waals surface area (Å²) in [5.74, 6) is -1.33. The summed E-state index contributed by atoms with van der Waals surface area (Å²) in [5, 5.41) is 11.3. The van der Waals surface area contributed by atoms with Crippen molar-refractivity contribution in [2.75, 3.05) is 4.90 Å². The number of Topliss-reactive ketones (excluding diaryl/α,β-unsaturated/α-hetero) is 1. The Hall–Kier alpha value is -2.83. The van der Waals surface area contributed by atoms with Gasteiger partial charge in [-0.1, -0.05) is 58.4 Å². The lowest BCUT2D eigenvalue weighted by Gasteiger charge is -2.23. The van der Waals surface area contributed by atoms with E-state index in [4.69, 9.17) is 0 Å².